The Hall–Kier alpha value is -0.780. The van der Waals surface area contributed by atoms with Gasteiger partial charge in [-0.15, -0.1) is 13.2 Å². The van der Waals surface area contributed by atoms with Crippen molar-refractivity contribution in [3.8, 4) is 0 Å². The molecular formula is C10H15F3O3. The number of carboxylic acids is 1. The molecule has 1 aliphatic carbocycles. The molecule has 1 N–H and O–H groups in total. The van der Waals surface area contributed by atoms with Crippen molar-refractivity contribution in [2.45, 2.75) is 51.0 Å². The predicted octanol–water partition coefficient (Wildman–Crippen LogP) is 2.95. The Kier molecular flexibility index (Phi) is 4.58. The smallest absolute Gasteiger partial charge is 0.481 e. The van der Waals surface area contributed by atoms with Gasteiger partial charge in [-0.3, -0.25) is 9.53 Å². The molecular weight excluding hydrogens is 225 g/mol. The van der Waals surface area contributed by atoms with E-state index in [4.69, 9.17) is 5.11 Å². The van der Waals surface area contributed by atoms with Gasteiger partial charge in [-0.2, -0.15) is 0 Å². The van der Waals surface area contributed by atoms with Crippen LogP contribution in [0.1, 0.15) is 38.5 Å². The van der Waals surface area contributed by atoms with Gasteiger partial charge in [0, 0.05) is 6.42 Å². The van der Waals surface area contributed by atoms with Gasteiger partial charge in [-0.25, -0.2) is 0 Å². The molecule has 0 unspecified atom stereocenters. The van der Waals surface area contributed by atoms with Gasteiger partial charge in [0.1, 0.15) is 0 Å². The fraction of sp³-hybridized carbons (Fsp3) is 0.900. The summed E-state index contributed by atoms with van der Waals surface area (Å²) in [4.78, 5) is 10.2. The van der Waals surface area contributed by atoms with Crippen LogP contribution in [0.3, 0.4) is 0 Å². The van der Waals surface area contributed by atoms with Crippen LogP contribution in [0.15, 0.2) is 0 Å². The average molecular weight is 240 g/mol. The van der Waals surface area contributed by atoms with Crippen molar-refractivity contribution in [1.82, 2.24) is 0 Å². The molecule has 16 heavy (non-hydrogen) atoms. The molecule has 0 bridgehead atoms. The number of halogens is 3. The number of carbonyl (C=O) groups is 1. The number of aliphatic carboxylic acids is 1. The number of alkyl halides is 3. The first-order valence-electron chi connectivity index (χ1n) is 5.33. The molecule has 0 aromatic rings. The highest BCUT2D eigenvalue weighted by Crippen LogP contribution is 2.37. The van der Waals surface area contributed by atoms with E-state index in [1.54, 1.807) is 0 Å². The van der Waals surface area contributed by atoms with Crippen LogP contribution >= 0.6 is 0 Å². The van der Waals surface area contributed by atoms with E-state index in [-0.39, 0.29) is 12.3 Å². The Morgan fingerprint density at radius 1 is 1.31 bits per heavy atom. The van der Waals surface area contributed by atoms with Crippen molar-refractivity contribution in [3.63, 3.8) is 0 Å². The standard InChI is InChI=1S/C10H15F3O3/c11-10(12,13)16-8-5-7(6-8)3-1-2-4-9(14)15/h7-8H,1-6H2,(H,14,15). The van der Waals surface area contributed by atoms with E-state index in [9.17, 15) is 18.0 Å². The summed E-state index contributed by atoms with van der Waals surface area (Å²) in [6, 6.07) is 0. The first-order chi connectivity index (χ1) is 7.37. The summed E-state index contributed by atoms with van der Waals surface area (Å²) in [5, 5.41) is 8.37. The summed E-state index contributed by atoms with van der Waals surface area (Å²) >= 11 is 0. The summed E-state index contributed by atoms with van der Waals surface area (Å²) in [7, 11) is 0. The van der Waals surface area contributed by atoms with Gasteiger partial charge >= 0.3 is 12.3 Å². The molecule has 1 aliphatic rings. The molecule has 0 saturated heterocycles. The third-order valence-corrected chi connectivity index (χ3v) is 2.75. The van der Waals surface area contributed by atoms with Crippen molar-refractivity contribution in [1.29, 1.82) is 0 Å². The van der Waals surface area contributed by atoms with Gasteiger partial charge in [0.15, 0.2) is 0 Å². The fourth-order valence-electron chi connectivity index (χ4n) is 1.90. The topological polar surface area (TPSA) is 46.5 Å². The lowest BCUT2D eigenvalue weighted by molar-refractivity contribution is -0.354. The maximum absolute atomic E-state index is 11.8. The highest BCUT2D eigenvalue weighted by molar-refractivity contribution is 5.66. The molecule has 3 nitrogen and oxygen atoms in total. The van der Waals surface area contributed by atoms with E-state index >= 15 is 0 Å². The number of rotatable bonds is 6. The second kappa shape index (κ2) is 5.52. The Balaban J connectivity index is 1.98. The predicted molar refractivity (Wildman–Crippen MR) is 49.8 cm³/mol. The normalized spacial score (nSPS) is 25.2. The number of carboxylic acid groups (broad SMARTS) is 1. The van der Waals surface area contributed by atoms with Crippen LogP contribution < -0.4 is 0 Å². The van der Waals surface area contributed by atoms with Crippen LogP contribution in [-0.4, -0.2) is 23.5 Å². The van der Waals surface area contributed by atoms with E-state index in [1.807, 2.05) is 0 Å². The summed E-state index contributed by atoms with van der Waals surface area (Å²) in [5.74, 6) is -0.562. The second-order valence-electron chi connectivity index (χ2n) is 4.16. The maximum Gasteiger partial charge on any atom is 0.522 e. The minimum atomic E-state index is -4.53. The Bertz CT molecular complexity index is 234. The molecule has 1 fully saturated rings. The lowest BCUT2D eigenvalue weighted by Crippen LogP contribution is -2.35. The van der Waals surface area contributed by atoms with Gasteiger partial charge < -0.3 is 5.11 Å². The third-order valence-electron chi connectivity index (χ3n) is 2.75. The SMILES string of the molecule is O=C(O)CCCCC1CC(OC(F)(F)F)C1. The molecule has 1 saturated carbocycles. The molecule has 0 heterocycles. The van der Waals surface area contributed by atoms with Gasteiger partial charge in [0.05, 0.1) is 6.10 Å². The molecule has 0 aromatic heterocycles. The Morgan fingerprint density at radius 2 is 1.94 bits per heavy atom. The molecule has 0 amide bonds. The summed E-state index contributed by atoms with van der Waals surface area (Å²) < 4.78 is 39.1. The fourth-order valence-corrected chi connectivity index (χ4v) is 1.90. The molecule has 0 spiro atoms. The second-order valence-corrected chi connectivity index (χ2v) is 4.16. The van der Waals surface area contributed by atoms with Gasteiger partial charge in [-0.05, 0) is 25.2 Å². The van der Waals surface area contributed by atoms with Crippen molar-refractivity contribution >= 4 is 5.97 Å². The zero-order chi connectivity index (χ0) is 12.2. The summed E-state index contributed by atoms with van der Waals surface area (Å²) in [5.41, 5.74) is 0. The highest BCUT2D eigenvalue weighted by atomic mass is 19.4. The van der Waals surface area contributed by atoms with Crippen molar-refractivity contribution in [2.75, 3.05) is 0 Å². The zero-order valence-corrected chi connectivity index (χ0v) is 8.79. The molecule has 1 rings (SSSR count). The molecule has 6 heteroatoms. The Labute approximate surface area is 91.6 Å². The van der Waals surface area contributed by atoms with E-state index in [0.29, 0.717) is 19.3 Å². The molecule has 0 atom stereocenters. The number of hydrogen-bond acceptors (Lipinski definition) is 2. The monoisotopic (exact) mass is 240 g/mol. The van der Waals surface area contributed by atoms with Gasteiger partial charge in [-0.1, -0.05) is 12.8 Å². The largest absolute Gasteiger partial charge is 0.522 e. The van der Waals surface area contributed by atoms with Gasteiger partial charge in [0.2, 0.25) is 0 Å². The maximum atomic E-state index is 11.8. The molecule has 0 aromatic carbocycles. The first kappa shape index (κ1) is 13.3. The van der Waals surface area contributed by atoms with Gasteiger partial charge in [0.25, 0.3) is 0 Å². The van der Waals surface area contributed by atoms with Crippen molar-refractivity contribution in [3.05, 3.63) is 0 Å². The third kappa shape index (κ3) is 5.34. The lowest BCUT2D eigenvalue weighted by atomic mass is 9.79. The first-order valence-corrected chi connectivity index (χ1v) is 5.33. The van der Waals surface area contributed by atoms with Crippen LogP contribution in [0.2, 0.25) is 0 Å². The minimum absolute atomic E-state index is 0.134. The average Bonchev–Trinajstić information content (AvgIpc) is 2.04. The minimum Gasteiger partial charge on any atom is -0.481 e. The van der Waals surface area contributed by atoms with Crippen LogP contribution in [0.25, 0.3) is 0 Å². The number of hydrogen-bond donors (Lipinski definition) is 1. The lowest BCUT2D eigenvalue weighted by Gasteiger charge is -2.35. The number of ether oxygens (including phenoxy) is 1. The van der Waals surface area contributed by atoms with Crippen LogP contribution in [-0.2, 0) is 9.53 Å². The van der Waals surface area contributed by atoms with Crippen LogP contribution in [0.5, 0.6) is 0 Å². The quantitative estimate of drug-likeness (QED) is 0.726. The molecule has 94 valence electrons. The van der Waals surface area contributed by atoms with Crippen molar-refractivity contribution < 1.29 is 27.8 Å². The zero-order valence-electron chi connectivity index (χ0n) is 8.79. The summed E-state index contributed by atoms with van der Waals surface area (Å²) in [6.07, 6.45) is -2.06. The highest BCUT2D eigenvalue weighted by Gasteiger charge is 2.39. The van der Waals surface area contributed by atoms with E-state index < -0.39 is 18.4 Å². The Morgan fingerprint density at radius 3 is 2.44 bits per heavy atom. The summed E-state index contributed by atoms with van der Waals surface area (Å²) in [6.45, 7) is 0. The van der Waals surface area contributed by atoms with Crippen molar-refractivity contribution in [2.24, 2.45) is 5.92 Å². The molecule has 0 radical (unpaired) electrons. The van der Waals surface area contributed by atoms with Crippen LogP contribution in [0.4, 0.5) is 13.2 Å². The number of unbranched alkanes of at least 4 members (excludes halogenated alkanes) is 1. The van der Waals surface area contributed by atoms with E-state index in [0.717, 1.165) is 12.8 Å². The van der Waals surface area contributed by atoms with E-state index in [2.05, 4.69) is 4.74 Å². The van der Waals surface area contributed by atoms with E-state index in [1.165, 1.54) is 0 Å². The molecule has 0 aliphatic heterocycles. The van der Waals surface area contributed by atoms with Crippen LogP contribution in [0, 0.1) is 5.92 Å².